The van der Waals surface area contributed by atoms with Gasteiger partial charge in [0.25, 0.3) is 0 Å². The Morgan fingerprint density at radius 1 is 1.33 bits per heavy atom. The molecule has 0 spiro atoms. The van der Waals surface area contributed by atoms with Gasteiger partial charge in [0, 0.05) is 0 Å². The summed E-state index contributed by atoms with van der Waals surface area (Å²) in [5.41, 5.74) is 0. The predicted octanol–water partition coefficient (Wildman–Crippen LogP) is 0.530. The first-order valence-corrected chi connectivity index (χ1v) is 2.55. The minimum absolute atomic E-state index is 0. The maximum absolute atomic E-state index is 5.41. The molecule has 0 aliphatic rings. The summed E-state index contributed by atoms with van der Waals surface area (Å²) in [5, 5.41) is 10.5. The Morgan fingerprint density at radius 2 is 2.00 bits per heavy atom. The van der Waals surface area contributed by atoms with E-state index < -0.39 is 0 Å². The van der Waals surface area contributed by atoms with E-state index in [1.807, 2.05) is 0 Å². The summed E-state index contributed by atoms with van der Waals surface area (Å²) in [5.74, 6) is 0. The van der Waals surface area contributed by atoms with Gasteiger partial charge in [0.2, 0.25) is 0 Å². The zero-order valence-corrected chi connectivity index (χ0v) is 5.19. The summed E-state index contributed by atoms with van der Waals surface area (Å²) in [6.07, 6.45) is 1.33. The zero-order valence-electron chi connectivity index (χ0n) is 3.67. The van der Waals surface area contributed by atoms with E-state index in [9.17, 15) is 0 Å². The molecule has 0 radical (unpaired) electrons. The standard InChI is InChI=1S/C3HCl2N3.Na.H/c4-2-1-6-8-7-3(2)5;;/h1H;;. The summed E-state index contributed by atoms with van der Waals surface area (Å²) in [6.45, 7) is 0. The Hall–Kier alpha value is 0.590. The normalized spacial score (nSPS) is 8.22. The van der Waals surface area contributed by atoms with Crippen LogP contribution in [0.4, 0.5) is 0 Å². The van der Waals surface area contributed by atoms with Crippen LogP contribution in [0.3, 0.4) is 0 Å². The molecule has 0 fully saturated rings. The van der Waals surface area contributed by atoms with Gasteiger partial charge >= 0.3 is 29.6 Å². The Balaban J connectivity index is 0.000000640. The number of hydrogen-bond acceptors (Lipinski definition) is 3. The summed E-state index contributed by atoms with van der Waals surface area (Å²) in [6, 6.07) is 0. The molecule has 0 aliphatic heterocycles. The van der Waals surface area contributed by atoms with Crippen LogP contribution in [-0.2, 0) is 0 Å². The molecule has 0 bridgehead atoms. The van der Waals surface area contributed by atoms with Crippen LogP contribution in [0.25, 0.3) is 0 Å². The second kappa shape index (κ2) is 4.41. The fourth-order valence-corrected chi connectivity index (χ4v) is 0.407. The number of hydrogen-bond donors (Lipinski definition) is 0. The predicted molar refractivity (Wildman–Crippen MR) is 37.0 cm³/mol. The third-order valence-corrected chi connectivity index (χ3v) is 1.20. The molecule has 3 nitrogen and oxygen atoms in total. The van der Waals surface area contributed by atoms with Crippen LogP contribution in [-0.4, -0.2) is 45.0 Å². The Morgan fingerprint density at radius 3 is 2.33 bits per heavy atom. The third-order valence-electron chi connectivity index (χ3n) is 0.552. The van der Waals surface area contributed by atoms with Gasteiger partial charge in [-0.2, -0.15) is 0 Å². The fourth-order valence-electron chi connectivity index (χ4n) is 0.243. The molecule has 0 aliphatic carbocycles. The molecule has 1 aromatic rings. The third kappa shape index (κ3) is 2.78. The summed E-state index contributed by atoms with van der Waals surface area (Å²) in [7, 11) is 0. The number of aromatic nitrogens is 3. The van der Waals surface area contributed by atoms with Crippen LogP contribution in [0.15, 0.2) is 6.20 Å². The van der Waals surface area contributed by atoms with Crippen molar-refractivity contribution in [2.75, 3.05) is 0 Å². The maximum atomic E-state index is 5.41. The molecule has 9 heavy (non-hydrogen) atoms. The SMILES string of the molecule is Clc1cnnnc1Cl.[NaH]. The van der Waals surface area contributed by atoms with E-state index in [2.05, 4.69) is 15.4 Å². The number of nitrogens with zero attached hydrogens (tertiary/aromatic N) is 3. The van der Waals surface area contributed by atoms with Gasteiger partial charge < -0.3 is 0 Å². The second-order valence-corrected chi connectivity index (χ2v) is 1.84. The van der Waals surface area contributed by atoms with Gasteiger partial charge in [-0.3, -0.25) is 0 Å². The molecular weight excluding hydrogens is 172 g/mol. The van der Waals surface area contributed by atoms with Crippen LogP contribution in [0.2, 0.25) is 10.2 Å². The summed E-state index contributed by atoms with van der Waals surface area (Å²) in [4.78, 5) is 0. The molecule has 0 N–H and O–H groups in total. The van der Waals surface area contributed by atoms with E-state index in [-0.39, 0.29) is 34.7 Å². The van der Waals surface area contributed by atoms with Gasteiger partial charge in [0.1, 0.15) is 5.02 Å². The molecule has 1 heterocycles. The van der Waals surface area contributed by atoms with Gasteiger partial charge in [-0.1, -0.05) is 23.2 Å². The first kappa shape index (κ1) is 9.59. The molecular formula is C3H2Cl2N3Na. The molecule has 1 aromatic heterocycles. The Labute approximate surface area is 84.0 Å². The zero-order chi connectivity index (χ0) is 5.98. The van der Waals surface area contributed by atoms with E-state index >= 15 is 0 Å². The first-order valence-electron chi connectivity index (χ1n) is 1.80. The van der Waals surface area contributed by atoms with E-state index in [4.69, 9.17) is 23.2 Å². The molecule has 6 heteroatoms. The van der Waals surface area contributed by atoms with Crippen molar-refractivity contribution in [2.24, 2.45) is 0 Å². The molecule has 0 amide bonds. The summed E-state index contributed by atoms with van der Waals surface area (Å²) >= 11 is 10.8. The average molecular weight is 174 g/mol. The molecule has 44 valence electrons. The van der Waals surface area contributed by atoms with Crippen molar-refractivity contribution in [1.29, 1.82) is 0 Å². The number of rotatable bonds is 0. The van der Waals surface area contributed by atoms with Crippen molar-refractivity contribution < 1.29 is 0 Å². The molecule has 0 atom stereocenters. The van der Waals surface area contributed by atoms with Crippen molar-refractivity contribution in [2.45, 2.75) is 0 Å². The molecule has 1 rings (SSSR count). The van der Waals surface area contributed by atoms with Gasteiger partial charge in [-0.05, 0) is 5.21 Å². The van der Waals surface area contributed by atoms with Crippen LogP contribution >= 0.6 is 23.2 Å². The van der Waals surface area contributed by atoms with Gasteiger partial charge in [0.15, 0.2) is 5.15 Å². The average Bonchev–Trinajstić information content (AvgIpc) is 1.77. The van der Waals surface area contributed by atoms with E-state index in [1.54, 1.807) is 0 Å². The van der Waals surface area contributed by atoms with Gasteiger partial charge in [-0.15, -0.1) is 10.2 Å². The van der Waals surface area contributed by atoms with Crippen LogP contribution < -0.4 is 0 Å². The Bertz CT molecular complexity index is 173. The fraction of sp³-hybridized carbons (Fsp3) is 0. The minimum atomic E-state index is 0. The molecule has 0 saturated carbocycles. The Kier molecular flexibility index (Phi) is 4.70. The van der Waals surface area contributed by atoms with Gasteiger partial charge in [-0.25, -0.2) is 0 Å². The van der Waals surface area contributed by atoms with E-state index in [0.717, 1.165) is 0 Å². The van der Waals surface area contributed by atoms with Crippen LogP contribution in [0.1, 0.15) is 0 Å². The van der Waals surface area contributed by atoms with E-state index in [0.29, 0.717) is 5.02 Å². The van der Waals surface area contributed by atoms with Gasteiger partial charge in [0.05, 0.1) is 6.20 Å². The monoisotopic (exact) mass is 173 g/mol. The van der Waals surface area contributed by atoms with Crippen molar-refractivity contribution in [3.05, 3.63) is 16.4 Å². The van der Waals surface area contributed by atoms with E-state index in [1.165, 1.54) is 6.20 Å². The van der Waals surface area contributed by atoms with Crippen molar-refractivity contribution >= 4 is 52.8 Å². The van der Waals surface area contributed by atoms with Crippen LogP contribution in [0, 0.1) is 0 Å². The molecule has 0 unspecified atom stereocenters. The first-order chi connectivity index (χ1) is 3.80. The molecule has 0 saturated heterocycles. The number of halogens is 2. The quantitative estimate of drug-likeness (QED) is 0.538. The second-order valence-electron chi connectivity index (χ2n) is 1.07. The topological polar surface area (TPSA) is 38.7 Å². The summed E-state index contributed by atoms with van der Waals surface area (Å²) < 4.78 is 0. The molecule has 0 aromatic carbocycles. The van der Waals surface area contributed by atoms with Crippen molar-refractivity contribution in [3.63, 3.8) is 0 Å². The van der Waals surface area contributed by atoms with Crippen LogP contribution in [0.5, 0.6) is 0 Å². The van der Waals surface area contributed by atoms with Crippen molar-refractivity contribution in [1.82, 2.24) is 15.4 Å². The van der Waals surface area contributed by atoms with Crippen molar-refractivity contribution in [3.8, 4) is 0 Å².